The van der Waals surface area contributed by atoms with E-state index in [0.29, 0.717) is 11.3 Å². The Balaban J connectivity index is 1.87. The molecule has 5 nitrogen and oxygen atoms in total. The molecule has 2 heterocycles. The Labute approximate surface area is 143 Å². The van der Waals surface area contributed by atoms with Crippen molar-refractivity contribution in [2.75, 3.05) is 0 Å². The molecule has 0 aliphatic carbocycles. The third kappa shape index (κ3) is 2.63. The van der Waals surface area contributed by atoms with Crippen LogP contribution in [0, 0.1) is 0 Å². The summed E-state index contributed by atoms with van der Waals surface area (Å²) in [5.74, 6) is 0.631. The fraction of sp³-hybridized carbons (Fsp3) is 0.150. The average molecular weight is 336 g/mol. The monoisotopic (exact) mass is 336 g/mol. The van der Waals surface area contributed by atoms with E-state index in [1.54, 1.807) is 6.07 Å². The molecule has 5 heteroatoms. The summed E-state index contributed by atoms with van der Waals surface area (Å²) < 4.78 is 11.6. The Morgan fingerprint density at radius 3 is 2.64 bits per heavy atom. The van der Waals surface area contributed by atoms with Crippen LogP contribution in [0.15, 0.2) is 51.7 Å². The zero-order valence-corrected chi connectivity index (χ0v) is 13.7. The largest absolute Gasteiger partial charge is 0.508 e. The number of hydrogen-bond acceptors (Lipinski definition) is 5. The number of fused-ring (bicyclic) bond motifs is 2. The number of phenolic OH excluding ortho intramolecular Hbond substituents is 2. The molecule has 0 fully saturated rings. The molecule has 0 unspecified atom stereocenters. The lowest BCUT2D eigenvalue weighted by Gasteiger charge is -2.27. The molecule has 0 saturated heterocycles. The van der Waals surface area contributed by atoms with E-state index in [1.807, 2.05) is 38.1 Å². The SMILES string of the molecule is CC1(C)C=Cc2cc(-c3cc(=O)c4c(O)cc(O)cc4o3)ccc2O1. The van der Waals surface area contributed by atoms with Gasteiger partial charge >= 0.3 is 0 Å². The van der Waals surface area contributed by atoms with E-state index in [4.69, 9.17) is 9.15 Å². The van der Waals surface area contributed by atoms with Crippen LogP contribution in [0.3, 0.4) is 0 Å². The van der Waals surface area contributed by atoms with Gasteiger partial charge in [-0.15, -0.1) is 0 Å². The maximum absolute atomic E-state index is 12.3. The summed E-state index contributed by atoms with van der Waals surface area (Å²) >= 11 is 0. The van der Waals surface area contributed by atoms with Crippen molar-refractivity contribution in [2.24, 2.45) is 0 Å². The van der Waals surface area contributed by atoms with Gasteiger partial charge in [0.05, 0.1) is 0 Å². The number of ether oxygens (including phenoxy) is 1. The summed E-state index contributed by atoms with van der Waals surface area (Å²) in [4.78, 5) is 12.3. The Morgan fingerprint density at radius 2 is 1.84 bits per heavy atom. The topological polar surface area (TPSA) is 79.9 Å². The number of hydrogen-bond donors (Lipinski definition) is 2. The van der Waals surface area contributed by atoms with E-state index in [2.05, 4.69) is 0 Å². The van der Waals surface area contributed by atoms with Crippen LogP contribution in [0.5, 0.6) is 17.2 Å². The molecular formula is C20H16O5. The van der Waals surface area contributed by atoms with E-state index in [0.717, 1.165) is 17.4 Å². The first-order chi connectivity index (χ1) is 11.8. The zero-order chi connectivity index (χ0) is 17.8. The van der Waals surface area contributed by atoms with Crippen molar-refractivity contribution in [3.63, 3.8) is 0 Å². The van der Waals surface area contributed by atoms with E-state index in [-0.39, 0.29) is 33.5 Å². The first kappa shape index (κ1) is 15.3. The van der Waals surface area contributed by atoms with E-state index in [1.165, 1.54) is 12.1 Å². The van der Waals surface area contributed by atoms with Gasteiger partial charge in [0.15, 0.2) is 5.43 Å². The van der Waals surface area contributed by atoms with Gasteiger partial charge in [0, 0.05) is 29.3 Å². The first-order valence-electron chi connectivity index (χ1n) is 7.85. The summed E-state index contributed by atoms with van der Waals surface area (Å²) in [6.07, 6.45) is 3.94. The highest BCUT2D eigenvalue weighted by atomic mass is 16.5. The minimum absolute atomic E-state index is 0.0458. The standard InChI is InChI=1S/C20H16O5/c1-20(2)6-5-12-7-11(3-4-16(12)25-20)17-10-15(23)19-14(22)8-13(21)9-18(19)24-17/h3-10,21-22H,1-2H3. The summed E-state index contributed by atoms with van der Waals surface area (Å²) in [5, 5.41) is 19.5. The fourth-order valence-corrected chi connectivity index (χ4v) is 2.93. The lowest BCUT2D eigenvalue weighted by atomic mass is 10.00. The van der Waals surface area contributed by atoms with Crippen molar-refractivity contribution in [1.29, 1.82) is 0 Å². The van der Waals surface area contributed by atoms with Crippen LogP contribution in [0.4, 0.5) is 0 Å². The van der Waals surface area contributed by atoms with Gasteiger partial charge in [0.1, 0.15) is 39.6 Å². The quantitative estimate of drug-likeness (QED) is 0.700. The second-order valence-corrected chi connectivity index (χ2v) is 6.60. The smallest absolute Gasteiger partial charge is 0.197 e. The molecule has 0 amide bonds. The maximum atomic E-state index is 12.3. The van der Waals surface area contributed by atoms with Crippen LogP contribution >= 0.6 is 0 Å². The molecule has 0 bridgehead atoms. The average Bonchev–Trinajstić information content (AvgIpc) is 2.52. The van der Waals surface area contributed by atoms with Gasteiger partial charge in [0.25, 0.3) is 0 Å². The van der Waals surface area contributed by atoms with Crippen LogP contribution in [-0.4, -0.2) is 15.8 Å². The number of rotatable bonds is 1. The van der Waals surface area contributed by atoms with Crippen molar-refractivity contribution in [3.8, 4) is 28.6 Å². The van der Waals surface area contributed by atoms with Gasteiger partial charge in [-0.1, -0.05) is 6.08 Å². The van der Waals surface area contributed by atoms with Crippen molar-refractivity contribution < 1.29 is 19.4 Å². The van der Waals surface area contributed by atoms with Gasteiger partial charge in [-0.2, -0.15) is 0 Å². The van der Waals surface area contributed by atoms with Crippen LogP contribution in [0.25, 0.3) is 28.4 Å². The van der Waals surface area contributed by atoms with Gasteiger partial charge in [0.2, 0.25) is 0 Å². The normalized spacial score (nSPS) is 15.0. The van der Waals surface area contributed by atoms with Gasteiger partial charge in [-0.05, 0) is 38.1 Å². The second kappa shape index (κ2) is 5.14. The molecular weight excluding hydrogens is 320 g/mol. The summed E-state index contributed by atoms with van der Waals surface area (Å²) in [6.45, 7) is 3.95. The number of phenols is 2. The van der Waals surface area contributed by atoms with Crippen molar-refractivity contribution in [3.05, 3.63) is 58.3 Å². The maximum Gasteiger partial charge on any atom is 0.197 e. The van der Waals surface area contributed by atoms with Gasteiger partial charge < -0.3 is 19.4 Å². The van der Waals surface area contributed by atoms with Crippen molar-refractivity contribution >= 4 is 17.0 Å². The van der Waals surface area contributed by atoms with E-state index >= 15 is 0 Å². The molecule has 0 spiro atoms. The highest BCUT2D eigenvalue weighted by Crippen LogP contribution is 2.35. The number of aromatic hydroxyl groups is 2. The Kier molecular flexibility index (Phi) is 3.15. The van der Waals surface area contributed by atoms with Crippen molar-refractivity contribution in [2.45, 2.75) is 19.4 Å². The predicted octanol–water partition coefficient (Wildman–Crippen LogP) is 4.06. The number of benzene rings is 2. The molecule has 4 rings (SSSR count). The lowest BCUT2D eigenvalue weighted by molar-refractivity contribution is 0.159. The lowest BCUT2D eigenvalue weighted by Crippen LogP contribution is -2.27. The molecule has 25 heavy (non-hydrogen) atoms. The molecule has 1 aromatic heterocycles. The summed E-state index contributed by atoms with van der Waals surface area (Å²) in [5.41, 5.74) is 0.982. The third-order valence-electron chi connectivity index (χ3n) is 4.13. The highest BCUT2D eigenvalue weighted by Gasteiger charge is 2.22. The van der Waals surface area contributed by atoms with Crippen LogP contribution in [0.1, 0.15) is 19.4 Å². The van der Waals surface area contributed by atoms with E-state index < -0.39 is 0 Å². The van der Waals surface area contributed by atoms with Gasteiger partial charge in [-0.25, -0.2) is 0 Å². The predicted molar refractivity (Wildman–Crippen MR) is 95.0 cm³/mol. The molecule has 126 valence electrons. The highest BCUT2D eigenvalue weighted by molar-refractivity contribution is 5.86. The van der Waals surface area contributed by atoms with Crippen molar-refractivity contribution in [1.82, 2.24) is 0 Å². The van der Waals surface area contributed by atoms with Crippen LogP contribution in [0.2, 0.25) is 0 Å². The molecule has 0 saturated carbocycles. The Hall–Kier alpha value is -3.21. The summed E-state index contributed by atoms with van der Waals surface area (Å²) in [6, 6.07) is 9.26. The van der Waals surface area contributed by atoms with Crippen LogP contribution in [-0.2, 0) is 0 Å². The summed E-state index contributed by atoms with van der Waals surface area (Å²) in [7, 11) is 0. The minimum Gasteiger partial charge on any atom is -0.508 e. The molecule has 2 aromatic carbocycles. The third-order valence-corrected chi connectivity index (χ3v) is 4.13. The molecule has 3 aromatic rings. The Bertz CT molecular complexity index is 1090. The second-order valence-electron chi connectivity index (χ2n) is 6.60. The van der Waals surface area contributed by atoms with E-state index in [9.17, 15) is 15.0 Å². The molecule has 1 aliphatic heterocycles. The van der Waals surface area contributed by atoms with Gasteiger partial charge in [-0.3, -0.25) is 4.79 Å². The molecule has 0 atom stereocenters. The minimum atomic E-state index is -0.376. The fourth-order valence-electron chi connectivity index (χ4n) is 2.93. The Morgan fingerprint density at radius 1 is 1.04 bits per heavy atom. The first-order valence-corrected chi connectivity index (χ1v) is 7.85. The molecule has 0 radical (unpaired) electrons. The molecule has 1 aliphatic rings. The zero-order valence-electron chi connectivity index (χ0n) is 13.7. The molecule has 2 N–H and O–H groups in total. The van der Waals surface area contributed by atoms with Crippen LogP contribution < -0.4 is 10.2 Å².